The Kier molecular flexibility index (Phi) is 4.84. The number of amides is 1. The van der Waals surface area contributed by atoms with Gasteiger partial charge in [-0.25, -0.2) is 9.59 Å². The molecule has 0 saturated heterocycles. The summed E-state index contributed by atoms with van der Waals surface area (Å²) >= 11 is 0. The molecule has 3 N–H and O–H groups in total. The summed E-state index contributed by atoms with van der Waals surface area (Å²) in [5.74, 6) is -2.29. The number of aromatic amines is 1. The number of nitrogens with zero attached hydrogens (tertiary/aromatic N) is 1. The molecule has 0 unspecified atom stereocenters. The molecular weight excluding hydrogens is 266 g/mol. The number of hydrogen-bond donors (Lipinski definition) is 3. The highest BCUT2D eigenvalue weighted by Crippen LogP contribution is 2.08. The van der Waals surface area contributed by atoms with Crippen molar-refractivity contribution in [3.8, 4) is 0 Å². The maximum Gasteiger partial charge on any atom is 0.328 e. The molecule has 110 valence electrons. The summed E-state index contributed by atoms with van der Waals surface area (Å²) in [6.07, 6.45) is 1.54. The summed E-state index contributed by atoms with van der Waals surface area (Å²) < 4.78 is 0.744. The fourth-order valence-electron chi connectivity index (χ4n) is 1.63. The van der Waals surface area contributed by atoms with Crippen molar-refractivity contribution in [3.05, 3.63) is 32.6 Å². The lowest BCUT2D eigenvalue weighted by Crippen LogP contribution is -2.47. The first-order valence-corrected chi connectivity index (χ1v) is 6.12. The molecule has 8 nitrogen and oxygen atoms in total. The summed E-state index contributed by atoms with van der Waals surface area (Å²) in [5.41, 5.74) is -1.73. The van der Waals surface area contributed by atoms with Crippen molar-refractivity contribution < 1.29 is 14.7 Å². The van der Waals surface area contributed by atoms with E-state index in [4.69, 9.17) is 5.11 Å². The van der Waals surface area contributed by atoms with Crippen LogP contribution in [0, 0.1) is 5.92 Å². The average molecular weight is 283 g/mol. The van der Waals surface area contributed by atoms with Crippen LogP contribution in [0.5, 0.6) is 0 Å². The Morgan fingerprint density at radius 2 is 2.05 bits per heavy atom. The lowest BCUT2D eigenvalue weighted by molar-refractivity contribution is -0.140. The first kappa shape index (κ1) is 15.7. The molecule has 2 atom stereocenters. The number of H-pyrrole nitrogens is 1. The Bertz CT molecular complexity index is 631. The van der Waals surface area contributed by atoms with Gasteiger partial charge in [0.15, 0.2) is 0 Å². The minimum absolute atomic E-state index is 0.289. The predicted octanol–water partition coefficient (Wildman–Crippen LogP) is -0.697. The van der Waals surface area contributed by atoms with Gasteiger partial charge in [0.1, 0.15) is 11.6 Å². The van der Waals surface area contributed by atoms with E-state index in [0.29, 0.717) is 6.42 Å². The normalized spacial score (nSPS) is 13.6. The molecule has 1 aromatic rings. The van der Waals surface area contributed by atoms with Gasteiger partial charge in [0, 0.05) is 13.2 Å². The van der Waals surface area contributed by atoms with E-state index in [0.717, 1.165) is 10.8 Å². The second-order valence-corrected chi connectivity index (χ2v) is 4.55. The van der Waals surface area contributed by atoms with Crippen LogP contribution in [-0.4, -0.2) is 32.6 Å². The van der Waals surface area contributed by atoms with Crippen molar-refractivity contribution in [2.24, 2.45) is 13.0 Å². The summed E-state index contributed by atoms with van der Waals surface area (Å²) in [5, 5.41) is 11.4. The highest BCUT2D eigenvalue weighted by Gasteiger charge is 2.26. The Balaban J connectivity index is 3.08. The number of aromatic nitrogens is 2. The second kappa shape index (κ2) is 6.18. The van der Waals surface area contributed by atoms with E-state index in [9.17, 15) is 19.2 Å². The molecule has 0 spiro atoms. The van der Waals surface area contributed by atoms with E-state index >= 15 is 0 Å². The number of hydrogen-bond acceptors (Lipinski definition) is 4. The van der Waals surface area contributed by atoms with E-state index in [-0.39, 0.29) is 11.5 Å². The van der Waals surface area contributed by atoms with Crippen LogP contribution in [0.25, 0.3) is 0 Å². The predicted molar refractivity (Wildman–Crippen MR) is 70.6 cm³/mol. The molecule has 1 aromatic heterocycles. The van der Waals surface area contributed by atoms with Crippen LogP contribution in [0.15, 0.2) is 15.8 Å². The molecule has 20 heavy (non-hydrogen) atoms. The molecule has 1 rings (SSSR count). The summed E-state index contributed by atoms with van der Waals surface area (Å²) in [7, 11) is 1.22. The van der Waals surface area contributed by atoms with Gasteiger partial charge < -0.3 is 15.4 Å². The molecule has 0 saturated carbocycles. The SMILES string of the molecule is CC[C@H](C)[C@H](NC(=O)c1c[nH]c(=O)n(C)c1=O)C(=O)O. The van der Waals surface area contributed by atoms with Crippen LogP contribution in [-0.2, 0) is 11.8 Å². The van der Waals surface area contributed by atoms with Gasteiger partial charge in [0.2, 0.25) is 0 Å². The number of carbonyl (C=O) groups is 2. The fourth-order valence-corrected chi connectivity index (χ4v) is 1.63. The quantitative estimate of drug-likeness (QED) is 0.660. The largest absolute Gasteiger partial charge is 0.480 e. The molecule has 1 heterocycles. The summed E-state index contributed by atoms with van der Waals surface area (Å²) in [6, 6.07) is -1.09. The van der Waals surface area contributed by atoms with E-state index in [1.165, 1.54) is 7.05 Å². The number of carboxylic acids is 1. The second-order valence-electron chi connectivity index (χ2n) is 4.55. The lowest BCUT2D eigenvalue weighted by Gasteiger charge is -2.19. The van der Waals surface area contributed by atoms with E-state index in [1.54, 1.807) is 13.8 Å². The molecule has 0 aliphatic rings. The Labute approximate surface area is 114 Å². The standard InChI is InChI=1S/C12H17N3O5/c1-4-6(2)8(11(18)19)14-9(16)7-5-13-12(20)15(3)10(7)17/h5-6,8H,4H2,1-3H3,(H,13,20)(H,14,16)(H,18,19)/t6-,8-/m0/s1. The van der Waals surface area contributed by atoms with E-state index in [1.807, 2.05) is 0 Å². The van der Waals surface area contributed by atoms with Crippen LogP contribution < -0.4 is 16.6 Å². The van der Waals surface area contributed by atoms with Gasteiger partial charge in [0.25, 0.3) is 11.5 Å². The monoisotopic (exact) mass is 283 g/mol. The fraction of sp³-hybridized carbons (Fsp3) is 0.500. The van der Waals surface area contributed by atoms with Crippen LogP contribution in [0.4, 0.5) is 0 Å². The molecule has 0 aliphatic heterocycles. The number of carbonyl (C=O) groups excluding carboxylic acids is 1. The highest BCUT2D eigenvalue weighted by molar-refractivity contribution is 5.96. The molecule has 0 aromatic carbocycles. The molecule has 0 radical (unpaired) electrons. The zero-order valence-corrected chi connectivity index (χ0v) is 11.5. The van der Waals surface area contributed by atoms with Gasteiger partial charge in [-0.15, -0.1) is 0 Å². The number of carboxylic acid groups (broad SMARTS) is 1. The zero-order chi connectivity index (χ0) is 15.4. The van der Waals surface area contributed by atoms with Crippen molar-refractivity contribution in [1.82, 2.24) is 14.9 Å². The van der Waals surface area contributed by atoms with Crippen molar-refractivity contribution in [1.29, 1.82) is 0 Å². The maximum absolute atomic E-state index is 12.0. The smallest absolute Gasteiger partial charge is 0.328 e. The zero-order valence-electron chi connectivity index (χ0n) is 11.5. The van der Waals surface area contributed by atoms with Crippen LogP contribution in [0.3, 0.4) is 0 Å². The van der Waals surface area contributed by atoms with Crippen molar-refractivity contribution in [3.63, 3.8) is 0 Å². The van der Waals surface area contributed by atoms with Crippen LogP contribution >= 0.6 is 0 Å². The summed E-state index contributed by atoms with van der Waals surface area (Å²) in [4.78, 5) is 48.2. The molecule has 0 fully saturated rings. The molecular formula is C12H17N3O5. The molecule has 0 bridgehead atoms. The van der Waals surface area contributed by atoms with Crippen molar-refractivity contribution in [2.75, 3.05) is 0 Å². The molecule has 0 aliphatic carbocycles. The van der Waals surface area contributed by atoms with E-state index in [2.05, 4.69) is 10.3 Å². The van der Waals surface area contributed by atoms with Crippen LogP contribution in [0.2, 0.25) is 0 Å². The molecule has 1 amide bonds. The van der Waals surface area contributed by atoms with Gasteiger partial charge in [-0.05, 0) is 5.92 Å². The Morgan fingerprint density at radius 1 is 1.45 bits per heavy atom. The van der Waals surface area contributed by atoms with Crippen molar-refractivity contribution in [2.45, 2.75) is 26.3 Å². The summed E-state index contributed by atoms with van der Waals surface area (Å²) in [6.45, 7) is 3.48. The third kappa shape index (κ3) is 3.14. The minimum atomic E-state index is -1.17. The minimum Gasteiger partial charge on any atom is -0.480 e. The van der Waals surface area contributed by atoms with Gasteiger partial charge in [-0.1, -0.05) is 20.3 Å². The van der Waals surface area contributed by atoms with Gasteiger partial charge in [-0.2, -0.15) is 0 Å². The topological polar surface area (TPSA) is 121 Å². The van der Waals surface area contributed by atoms with Crippen molar-refractivity contribution >= 4 is 11.9 Å². The van der Waals surface area contributed by atoms with E-state index < -0.39 is 29.2 Å². The van der Waals surface area contributed by atoms with Gasteiger partial charge >= 0.3 is 11.7 Å². The number of aliphatic carboxylic acids is 1. The maximum atomic E-state index is 12.0. The first-order valence-electron chi connectivity index (χ1n) is 6.12. The highest BCUT2D eigenvalue weighted by atomic mass is 16.4. The Morgan fingerprint density at radius 3 is 2.55 bits per heavy atom. The van der Waals surface area contributed by atoms with Gasteiger partial charge in [0.05, 0.1) is 0 Å². The number of nitrogens with one attached hydrogen (secondary N) is 2. The first-order chi connectivity index (χ1) is 9.29. The third-order valence-corrected chi connectivity index (χ3v) is 3.19. The number of rotatable bonds is 5. The third-order valence-electron chi connectivity index (χ3n) is 3.19. The average Bonchev–Trinajstić information content (AvgIpc) is 2.40. The van der Waals surface area contributed by atoms with Gasteiger partial charge in [-0.3, -0.25) is 14.2 Å². The van der Waals surface area contributed by atoms with Crippen LogP contribution in [0.1, 0.15) is 30.6 Å². The lowest BCUT2D eigenvalue weighted by atomic mass is 9.99. The Hall–Kier alpha value is -2.38. The molecule has 8 heteroatoms.